The molecule has 0 saturated carbocycles. The quantitative estimate of drug-likeness (QED) is 0.705. The monoisotopic (exact) mass is 184 g/mol. The number of amides is 1. The van der Waals surface area contributed by atoms with Crippen LogP contribution in [0.3, 0.4) is 0 Å². The first-order valence-electron chi connectivity index (χ1n) is 3.49. The Labute approximate surface area is 73.7 Å². The van der Waals surface area contributed by atoms with E-state index in [1.807, 2.05) is 0 Å². The number of carbonyl (C=O) groups excluding carboxylic acids is 1. The topological polar surface area (TPSA) is 83.6 Å². The second-order valence-electron chi connectivity index (χ2n) is 2.44. The van der Waals surface area contributed by atoms with Crippen molar-refractivity contribution in [1.82, 2.24) is 10.1 Å². The number of carbonyl (C=O) groups is 2. The van der Waals surface area contributed by atoms with Crippen LogP contribution in [-0.4, -0.2) is 40.6 Å². The molecule has 0 atom stereocenters. The van der Waals surface area contributed by atoms with E-state index in [1.54, 1.807) is 0 Å². The van der Waals surface area contributed by atoms with Crippen LogP contribution in [0.4, 0.5) is 0 Å². The minimum absolute atomic E-state index is 0.101. The standard InChI is InChI=1S/C7H8N2O4/c1-9(4-6(10)11)7(12)5-2-3-13-8-5/h2-3H,4H2,1H3,(H,10,11). The predicted octanol–water partition coefficient (Wildman–Crippen LogP) is -0.169. The van der Waals surface area contributed by atoms with Crippen molar-refractivity contribution in [2.45, 2.75) is 0 Å². The molecule has 0 aliphatic carbocycles. The molecule has 0 bridgehead atoms. The van der Waals surface area contributed by atoms with Crippen LogP contribution in [0, 0.1) is 0 Å². The van der Waals surface area contributed by atoms with Crippen molar-refractivity contribution in [2.24, 2.45) is 0 Å². The zero-order valence-electron chi connectivity index (χ0n) is 6.93. The minimum atomic E-state index is -1.07. The Morgan fingerprint density at radius 3 is 2.85 bits per heavy atom. The van der Waals surface area contributed by atoms with Gasteiger partial charge in [0.2, 0.25) is 0 Å². The number of hydrogen-bond donors (Lipinski definition) is 1. The lowest BCUT2D eigenvalue weighted by Gasteiger charge is -2.11. The number of rotatable bonds is 3. The van der Waals surface area contributed by atoms with Crippen LogP contribution >= 0.6 is 0 Å². The van der Waals surface area contributed by atoms with Gasteiger partial charge in [-0.25, -0.2) is 0 Å². The third-order valence-corrected chi connectivity index (χ3v) is 1.38. The average molecular weight is 184 g/mol. The fourth-order valence-electron chi connectivity index (χ4n) is 0.793. The predicted molar refractivity (Wildman–Crippen MR) is 41.1 cm³/mol. The van der Waals surface area contributed by atoms with Crippen molar-refractivity contribution in [3.05, 3.63) is 18.0 Å². The smallest absolute Gasteiger partial charge is 0.323 e. The minimum Gasteiger partial charge on any atom is -0.480 e. The first kappa shape index (κ1) is 9.24. The lowest BCUT2D eigenvalue weighted by atomic mass is 10.4. The van der Waals surface area contributed by atoms with E-state index < -0.39 is 11.9 Å². The summed E-state index contributed by atoms with van der Waals surface area (Å²) in [6.07, 6.45) is 1.25. The van der Waals surface area contributed by atoms with Gasteiger partial charge in [-0.1, -0.05) is 5.16 Å². The lowest BCUT2D eigenvalue weighted by Crippen LogP contribution is -2.32. The van der Waals surface area contributed by atoms with Crippen LogP contribution in [0.1, 0.15) is 10.5 Å². The summed E-state index contributed by atoms with van der Waals surface area (Å²) in [5.74, 6) is -1.55. The van der Waals surface area contributed by atoms with E-state index in [-0.39, 0.29) is 12.2 Å². The van der Waals surface area contributed by atoms with Crippen molar-refractivity contribution < 1.29 is 19.2 Å². The zero-order valence-corrected chi connectivity index (χ0v) is 6.93. The summed E-state index contributed by atoms with van der Waals surface area (Å²) in [6, 6.07) is 1.38. The summed E-state index contributed by atoms with van der Waals surface area (Å²) in [6.45, 7) is -0.355. The van der Waals surface area contributed by atoms with Gasteiger partial charge in [0.25, 0.3) is 5.91 Å². The molecule has 0 fully saturated rings. The van der Waals surface area contributed by atoms with Crippen LogP contribution < -0.4 is 0 Å². The van der Waals surface area contributed by atoms with Gasteiger partial charge >= 0.3 is 5.97 Å². The molecule has 0 aliphatic rings. The number of hydrogen-bond acceptors (Lipinski definition) is 4. The van der Waals surface area contributed by atoms with Crippen LogP contribution in [0.15, 0.2) is 16.9 Å². The number of aliphatic carboxylic acids is 1. The summed E-state index contributed by atoms with van der Waals surface area (Å²) in [5, 5.41) is 11.8. The molecule has 0 saturated heterocycles. The van der Waals surface area contributed by atoms with Crippen LogP contribution in [-0.2, 0) is 4.79 Å². The maximum absolute atomic E-state index is 11.3. The summed E-state index contributed by atoms with van der Waals surface area (Å²) >= 11 is 0. The second kappa shape index (κ2) is 3.70. The first-order valence-corrected chi connectivity index (χ1v) is 3.49. The van der Waals surface area contributed by atoms with Gasteiger partial charge in [-0.05, 0) is 0 Å². The summed E-state index contributed by atoms with van der Waals surface area (Å²) in [7, 11) is 1.38. The Hall–Kier alpha value is -1.85. The maximum atomic E-state index is 11.3. The van der Waals surface area contributed by atoms with Gasteiger partial charge in [-0.3, -0.25) is 9.59 Å². The Morgan fingerprint density at radius 2 is 2.38 bits per heavy atom. The highest BCUT2D eigenvalue weighted by Crippen LogP contribution is 1.99. The van der Waals surface area contributed by atoms with E-state index in [0.29, 0.717) is 0 Å². The van der Waals surface area contributed by atoms with Crippen molar-refractivity contribution in [3.8, 4) is 0 Å². The molecule has 0 radical (unpaired) electrons. The van der Waals surface area contributed by atoms with Gasteiger partial charge in [0.1, 0.15) is 12.8 Å². The Bertz CT molecular complexity index is 306. The molecular weight excluding hydrogens is 176 g/mol. The van der Waals surface area contributed by atoms with Crippen LogP contribution in [0.2, 0.25) is 0 Å². The van der Waals surface area contributed by atoms with Crippen LogP contribution in [0.5, 0.6) is 0 Å². The highest BCUT2D eigenvalue weighted by atomic mass is 16.5. The lowest BCUT2D eigenvalue weighted by molar-refractivity contribution is -0.137. The van der Waals surface area contributed by atoms with Crippen molar-refractivity contribution in [3.63, 3.8) is 0 Å². The summed E-state index contributed by atoms with van der Waals surface area (Å²) in [4.78, 5) is 22.6. The number of aromatic nitrogens is 1. The third kappa shape index (κ3) is 2.29. The molecule has 1 amide bonds. The van der Waals surface area contributed by atoms with E-state index in [4.69, 9.17) is 5.11 Å². The van der Waals surface area contributed by atoms with E-state index >= 15 is 0 Å². The van der Waals surface area contributed by atoms with Gasteiger partial charge in [-0.15, -0.1) is 0 Å². The number of nitrogens with zero attached hydrogens (tertiary/aromatic N) is 2. The molecule has 0 aromatic carbocycles. The zero-order chi connectivity index (χ0) is 9.84. The molecule has 1 N–H and O–H groups in total. The van der Waals surface area contributed by atoms with Gasteiger partial charge < -0.3 is 14.5 Å². The molecule has 6 nitrogen and oxygen atoms in total. The fourth-order valence-corrected chi connectivity index (χ4v) is 0.793. The molecule has 70 valence electrons. The molecule has 1 aromatic rings. The van der Waals surface area contributed by atoms with Gasteiger partial charge in [0.05, 0.1) is 0 Å². The van der Waals surface area contributed by atoms with E-state index in [1.165, 1.54) is 19.4 Å². The largest absolute Gasteiger partial charge is 0.480 e. The van der Waals surface area contributed by atoms with E-state index in [0.717, 1.165) is 4.90 Å². The number of carboxylic acids is 1. The van der Waals surface area contributed by atoms with E-state index in [9.17, 15) is 9.59 Å². The normalized spacial score (nSPS) is 9.62. The van der Waals surface area contributed by atoms with E-state index in [2.05, 4.69) is 9.68 Å². The Kier molecular flexibility index (Phi) is 2.63. The number of likely N-dealkylation sites (N-methyl/N-ethyl adjacent to an activating group) is 1. The SMILES string of the molecule is CN(CC(=O)O)C(=O)c1ccon1. The van der Waals surface area contributed by atoms with Gasteiger partial charge in [0.15, 0.2) is 5.69 Å². The molecule has 0 spiro atoms. The molecular formula is C7H8N2O4. The van der Waals surface area contributed by atoms with Crippen molar-refractivity contribution >= 4 is 11.9 Å². The highest BCUT2D eigenvalue weighted by Gasteiger charge is 2.16. The van der Waals surface area contributed by atoms with Crippen molar-refractivity contribution in [2.75, 3.05) is 13.6 Å². The van der Waals surface area contributed by atoms with Gasteiger partial charge in [0, 0.05) is 13.1 Å². The highest BCUT2D eigenvalue weighted by molar-refractivity contribution is 5.93. The summed E-state index contributed by atoms with van der Waals surface area (Å²) in [5.41, 5.74) is 0.101. The van der Waals surface area contributed by atoms with Crippen molar-refractivity contribution in [1.29, 1.82) is 0 Å². The molecule has 1 aromatic heterocycles. The molecule has 1 rings (SSSR count). The average Bonchev–Trinajstić information content (AvgIpc) is 2.53. The molecule has 0 unspecified atom stereocenters. The molecule has 13 heavy (non-hydrogen) atoms. The molecule has 0 aliphatic heterocycles. The first-order chi connectivity index (χ1) is 6.11. The maximum Gasteiger partial charge on any atom is 0.323 e. The molecule has 1 heterocycles. The Balaban J connectivity index is 2.63. The fraction of sp³-hybridized carbons (Fsp3) is 0.286. The van der Waals surface area contributed by atoms with Gasteiger partial charge in [-0.2, -0.15) is 0 Å². The second-order valence-corrected chi connectivity index (χ2v) is 2.44. The van der Waals surface area contributed by atoms with Crippen LogP contribution in [0.25, 0.3) is 0 Å². The number of carboxylic acid groups (broad SMARTS) is 1. The third-order valence-electron chi connectivity index (χ3n) is 1.38. The Morgan fingerprint density at radius 1 is 1.69 bits per heavy atom. The molecule has 6 heteroatoms. The summed E-state index contributed by atoms with van der Waals surface area (Å²) < 4.78 is 4.45.